The SMILES string of the molecule is CC(C)(C)c1ccc(N2c3cc(-n4c5c(c6ccccc64)CCC5)ccc3B3c4cc(-c5ccccc5)ccc4C(c4ccccc4)(c4ccccc4)c4cc(-n5c6c(c7ccccc75)CCCC6)cc2c43)cc1. The Kier molecular flexibility index (Phi) is 9.68. The Morgan fingerprint density at radius 3 is 1.64 bits per heavy atom. The van der Waals surface area contributed by atoms with Crippen molar-refractivity contribution in [3.63, 3.8) is 0 Å². The molecule has 0 saturated heterocycles. The van der Waals surface area contributed by atoms with Crippen LogP contribution in [-0.2, 0) is 36.5 Å². The molecule has 9 aromatic carbocycles. The third-order valence-electron chi connectivity index (χ3n) is 17.5. The molecule has 3 nitrogen and oxygen atoms in total. The lowest BCUT2D eigenvalue weighted by Crippen LogP contribution is -2.65. The normalized spacial score (nSPS) is 15.2. The average molecular weight is 952 g/mol. The van der Waals surface area contributed by atoms with Gasteiger partial charge in [-0.25, -0.2) is 0 Å². The van der Waals surface area contributed by atoms with Gasteiger partial charge >= 0.3 is 0 Å². The fraction of sp³-hybridized carbons (Fsp3) is 0.171. The van der Waals surface area contributed by atoms with Crippen molar-refractivity contribution in [2.24, 2.45) is 0 Å². The van der Waals surface area contributed by atoms with E-state index in [0.717, 1.165) is 25.7 Å². The van der Waals surface area contributed by atoms with Crippen LogP contribution in [0.4, 0.5) is 17.1 Å². The molecule has 2 aliphatic carbocycles. The summed E-state index contributed by atoms with van der Waals surface area (Å²) in [5.74, 6) is 0. The van der Waals surface area contributed by atoms with Gasteiger partial charge in [0, 0.05) is 50.6 Å². The summed E-state index contributed by atoms with van der Waals surface area (Å²) in [4.78, 5) is 2.67. The van der Waals surface area contributed by atoms with Crippen LogP contribution in [0.5, 0.6) is 0 Å². The van der Waals surface area contributed by atoms with E-state index in [1.807, 2.05) is 0 Å². The molecule has 0 spiro atoms. The van der Waals surface area contributed by atoms with Gasteiger partial charge in [0.15, 0.2) is 0 Å². The van der Waals surface area contributed by atoms with Gasteiger partial charge in [-0.2, -0.15) is 0 Å². The Balaban J connectivity index is 1.12. The predicted molar refractivity (Wildman–Crippen MR) is 311 cm³/mol. The number of anilines is 3. The molecule has 4 heteroatoms. The number of para-hydroxylation sites is 2. The number of aromatic nitrogens is 2. The lowest BCUT2D eigenvalue weighted by molar-refractivity contribution is 0.590. The van der Waals surface area contributed by atoms with Crippen LogP contribution in [0.15, 0.2) is 212 Å². The van der Waals surface area contributed by atoms with Crippen LogP contribution >= 0.6 is 0 Å². The van der Waals surface area contributed by atoms with Crippen molar-refractivity contribution in [1.82, 2.24) is 9.13 Å². The van der Waals surface area contributed by atoms with E-state index < -0.39 is 5.41 Å². The van der Waals surface area contributed by atoms with Gasteiger partial charge in [-0.1, -0.05) is 190 Å². The van der Waals surface area contributed by atoms with Gasteiger partial charge < -0.3 is 14.0 Å². The molecular weight excluding hydrogens is 894 g/mol. The predicted octanol–water partition coefficient (Wildman–Crippen LogP) is 14.9. The first kappa shape index (κ1) is 43.5. The second-order valence-electron chi connectivity index (χ2n) is 22.5. The number of fused-ring (bicyclic) bond motifs is 10. The zero-order valence-electron chi connectivity index (χ0n) is 42.6. The van der Waals surface area contributed by atoms with Crippen LogP contribution < -0.4 is 21.3 Å². The van der Waals surface area contributed by atoms with Crippen molar-refractivity contribution in [3.8, 4) is 22.5 Å². The largest absolute Gasteiger partial charge is 0.313 e. The summed E-state index contributed by atoms with van der Waals surface area (Å²) >= 11 is 0. The van der Waals surface area contributed by atoms with E-state index in [0.29, 0.717) is 0 Å². The standard InChI is InChI=1S/C70H58BN3/c1-69(2,3)48-35-37-51(38-36-48)72-66-44-52(73-62-30-16-13-28-56(62)57-29-19-33-65(57)73)39-41-60(66)71-61-42-47(46-20-7-4-8-21-46)34-40-58(61)70(49-22-9-5-10-23-49,50-24-11-6-12-25-50)59-43-53(45-67(72)68(59)71)74-63-31-17-14-26-54(63)55-27-15-18-32-64(55)74/h4-14,16-17,20-26,28,30-31,34-45H,15,18-19,27,29,32-33H2,1-3H3. The number of rotatable bonds is 6. The van der Waals surface area contributed by atoms with Gasteiger partial charge in [0.1, 0.15) is 0 Å². The van der Waals surface area contributed by atoms with E-state index in [9.17, 15) is 0 Å². The molecule has 0 fully saturated rings. The molecule has 15 rings (SSSR count). The highest BCUT2D eigenvalue weighted by atomic mass is 15.2. The molecule has 4 aliphatic rings. The van der Waals surface area contributed by atoms with Gasteiger partial charge in [-0.15, -0.1) is 0 Å². The Labute approximate surface area is 435 Å². The first-order valence-electron chi connectivity index (χ1n) is 27.1. The van der Waals surface area contributed by atoms with Crippen molar-refractivity contribution in [3.05, 3.63) is 263 Å². The van der Waals surface area contributed by atoms with Crippen molar-refractivity contribution in [1.29, 1.82) is 0 Å². The Hall–Kier alpha value is -8.08. The zero-order valence-corrected chi connectivity index (χ0v) is 42.6. The van der Waals surface area contributed by atoms with Gasteiger partial charge in [0.05, 0.1) is 16.4 Å². The van der Waals surface area contributed by atoms with Gasteiger partial charge in [0.2, 0.25) is 6.71 Å². The molecular formula is C70H58BN3. The van der Waals surface area contributed by atoms with Crippen molar-refractivity contribution in [2.45, 2.75) is 76.5 Å². The molecule has 0 bridgehead atoms. The average Bonchev–Trinajstić information content (AvgIpc) is 4.27. The maximum atomic E-state index is 2.67. The third-order valence-corrected chi connectivity index (χ3v) is 17.5. The number of nitrogens with zero attached hydrogens (tertiary/aromatic N) is 3. The molecule has 0 unspecified atom stereocenters. The molecule has 0 amide bonds. The molecule has 0 N–H and O–H groups in total. The first-order valence-corrected chi connectivity index (χ1v) is 27.1. The molecule has 0 saturated carbocycles. The van der Waals surface area contributed by atoms with E-state index in [1.54, 1.807) is 0 Å². The second-order valence-corrected chi connectivity index (χ2v) is 22.5. The van der Waals surface area contributed by atoms with E-state index in [1.165, 1.54) is 147 Å². The van der Waals surface area contributed by atoms with Gasteiger partial charge in [0.25, 0.3) is 0 Å². The molecule has 11 aromatic rings. The summed E-state index contributed by atoms with van der Waals surface area (Å²) in [7, 11) is 0. The van der Waals surface area contributed by atoms with Gasteiger partial charge in [-0.3, -0.25) is 0 Å². The summed E-state index contributed by atoms with van der Waals surface area (Å²) in [6.45, 7) is 6.91. The fourth-order valence-electron chi connectivity index (χ4n) is 14.3. The monoisotopic (exact) mass is 951 g/mol. The molecule has 0 atom stereocenters. The molecule has 2 aromatic heterocycles. The lowest BCUT2D eigenvalue weighted by Gasteiger charge is -2.49. The summed E-state index contributed by atoms with van der Waals surface area (Å²) < 4.78 is 5.28. The first-order chi connectivity index (χ1) is 36.4. The highest BCUT2D eigenvalue weighted by molar-refractivity contribution is 6.99. The van der Waals surface area contributed by atoms with Crippen LogP contribution in [0.2, 0.25) is 0 Å². The number of aryl methyl sites for hydroxylation is 2. The Morgan fingerprint density at radius 2 is 0.973 bits per heavy atom. The quantitative estimate of drug-likeness (QED) is 0.151. The van der Waals surface area contributed by atoms with Crippen LogP contribution in [0, 0.1) is 0 Å². The summed E-state index contributed by atoms with van der Waals surface area (Å²) in [5, 5.41) is 2.78. The number of hydrogen-bond acceptors (Lipinski definition) is 1. The molecule has 356 valence electrons. The Bertz CT molecular complexity index is 3980. The van der Waals surface area contributed by atoms with E-state index in [4.69, 9.17) is 0 Å². The van der Waals surface area contributed by atoms with Crippen LogP contribution in [0.1, 0.15) is 90.4 Å². The second kappa shape index (κ2) is 16.5. The molecule has 4 heterocycles. The Morgan fingerprint density at radius 1 is 0.419 bits per heavy atom. The van der Waals surface area contributed by atoms with E-state index in [-0.39, 0.29) is 12.1 Å². The lowest BCUT2D eigenvalue weighted by atomic mass is 9.29. The smallest absolute Gasteiger partial charge is 0.247 e. The van der Waals surface area contributed by atoms with E-state index in [2.05, 4.69) is 247 Å². The fourth-order valence-corrected chi connectivity index (χ4v) is 14.3. The number of benzene rings is 9. The van der Waals surface area contributed by atoms with E-state index >= 15 is 0 Å². The third kappa shape index (κ3) is 6.27. The highest BCUT2D eigenvalue weighted by Crippen LogP contribution is 2.52. The zero-order chi connectivity index (χ0) is 49.3. The topological polar surface area (TPSA) is 13.1 Å². The highest BCUT2D eigenvalue weighted by Gasteiger charge is 2.52. The minimum Gasteiger partial charge on any atom is -0.313 e. The van der Waals surface area contributed by atoms with Crippen LogP contribution in [-0.4, -0.2) is 15.8 Å². The summed E-state index contributed by atoms with van der Waals surface area (Å²) in [6.07, 6.45) is 7.99. The number of hydrogen-bond donors (Lipinski definition) is 0. The van der Waals surface area contributed by atoms with Crippen molar-refractivity contribution >= 4 is 62.0 Å². The van der Waals surface area contributed by atoms with Gasteiger partial charge in [-0.05, 0) is 160 Å². The molecule has 74 heavy (non-hydrogen) atoms. The minimum atomic E-state index is -0.670. The minimum absolute atomic E-state index is 0.00521. The summed E-state index contributed by atoms with van der Waals surface area (Å²) in [5.41, 5.74) is 27.1. The molecule has 0 radical (unpaired) electrons. The maximum Gasteiger partial charge on any atom is 0.247 e. The maximum absolute atomic E-state index is 2.67. The van der Waals surface area contributed by atoms with Crippen LogP contribution in [0.3, 0.4) is 0 Å². The van der Waals surface area contributed by atoms with Crippen LogP contribution in [0.25, 0.3) is 44.3 Å². The van der Waals surface area contributed by atoms with Crippen molar-refractivity contribution in [2.75, 3.05) is 4.90 Å². The molecule has 2 aliphatic heterocycles. The summed E-state index contributed by atoms with van der Waals surface area (Å²) in [6, 6.07) is 82.0. The van der Waals surface area contributed by atoms with Crippen molar-refractivity contribution < 1.29 is 0 Å².